The first-order valence-electron chi connectivity index (χ1n) is 5.23. The molecule has 1 rings (SSSR count). The van der Waals surface area contributed by atoms with Crippen molar-refractivity contribution < 1.29 is 4.74 Å². The summed E-state index contributed by atoms with van der Waals surface area (Å²) < 4.78 is 5.44. The van der Waals surface area contributed by atoms with Crippen molar-refractivity contribution in [3.63, 3.8) is 0 Å². The molecule has 3 heteroatoms. The van der Waals surface area contributed by atoms with E-state index < -0.39 is 0 Å². The first kappa shape index (κ1) is 11.0. The Morgan fingerprint density at radius 3 is 2.92 bits per heavy atom. The van der Waals surface area contributed by atoms with Gasteiger partial charge in [-0.2, -0.15) is 0 Å². The van der Waals surface area contributed by atoms with E-state index in [0.717, 1.165) is 26.1 Å². The van der Waals surface area contributed by atoms with Crippen molar-refractivity contribution in [1.29, 1.82) is 0 Å². The molecule has 3 nitrogen and oxygen atoms in total. The normalized spacial score (nSPS) is 30.7. The molecular formula is C10H22N2O. The smallest absolute Gasteiger partial charge is 0.0724 e. The standard InChI is InChI=1S/C10H22N2O/c1-9-4-7-12(6-3-5-11)8-10(9)13-2/h9-10H,3-8,11H2,1-2H3. The number of likely N-dealkylation sites (tertiary alicyclic amines) is 1. The Bertz CT molecular complexity index is 139. The number of methoxy groups -OCH3 is 1. The zero-order valence-electron chi connectivity index (χ0n) is 8.83. The summed E-state index contributed by atoms with van der Waals surface area (Å²) >= 11 is 0. The topological polar surface area (TPSA) is 38.5 Å². The van der Waals surface area contributed by atoms with Gasteiger partial charge in [-0.3, -0.25) is 0 Å². The summed E-state index contributed by atoms with van der Waals surface area (Å²) in [5.74, 6) is 0.708. The fraction of sp³-hybridized carbons (Fsp3) is 1.00. The molecule has 0 bridgehead atoms. The van der Waals surface area contributed by atoms with Gasteiger partial charge in [0.25, 0.3) is 0 Å². The summed E-state index contributed by atoms with van der Waals surface area (Å²) in [4.78, 5) is 2.46. The Kier molecular flexibility index (Phi) is 4.70. The van der Waals surface area contributed by atoms with E-state index in [4.69, 9.17) is 10.5 Å². The highest BCUT2D eigenvalue weighted by molar-refractivity contribution is 4.78. The van der Waals surface area contributed by atoms with E-state index in [1.807, 2.05) is 7.11 Å². The maximum atomic E-state index is 5.48. The molecule has 13 heavy (non-hydrogen) atoms. The first-order valence-corrected chi connectivity index (χ1v) is 5.23. The van der Waals surface area contributed by atoms with Gasteiger partial charge < -0.3 is 15.4 Å². The van der Waals surface area contributed by atoms with Crippen molar-refractivity contribution in [2.45, 2.75) is 25.9 Å². The number of hydrogen-bond acceptors (Lipinski definition) is 3. The van der Waals surface area contributed by atoms with Crippen molar-refractivity contribution in [1.82, 2.24) is 4.90 Å². The highest BCUT2D eigenvalue weighted by Gasteiger charge is 2.25. The molecule has 1 aliphatic heterocycles. The lowest BCUT2D eigenvalue weighted by Gasteiger charge is -2.36. The Hall–Kier alpha value is -0.120. The SMILES string of the molecule is COC1CN(CCCN)CCC1C. The molecule has 0 aromatic rings. The number of nitrogens with two attached hydrogens (primary N) is 1. The lowest BCUT2D eigenvalue weighted by Crippen LogP contribution is -2.44. The van der Waals surface area contributed by atoms with Gasteiger partial charge in [-0.05, 0) is 38.4 Å². The van der Waals surface area contributed by atoms with Crippen LogP contribution in [-0.2, 0) is 4.74 Å². The summed E-state index contributed by atoms with van der Waals surface area (Å²) in [5.41, 5.74) is 5.48. The number of hydrogen-bond donors (Lipinski definition) is 1. The third-order valence-corrected chi connectivity index (χ3v) is 2.95. The predicted octanol–water partition coefficient (Wildman–Crippen LogP) is 0.692. The summed E-state index contributed by atoms with van der Waals surface area (Å²) in [6, 6.07) is 0. The minimum atomic E-state index is 0.423. The third-order valence-electron chi connectivity index (χ3n) is 2.95. The molecule has 0 aliphatic carbocycles. The zero-order chi connectivity index (χ0) is 9.68. The van der Waals surface area contributed by atoms with E-state index >= 15 is 0 Å². The average molecular weight is 186 g/mol. The van der Waals surface area contributed by atoms with Crippen molar-refractivity contribution >= 4 is 0 Å². The maximum absolute atomic E-state index is 5.48. The van der Waals surface area contributed by atoms with E-state index in [2.05, 4.69) is 11.8 Å². The van der Waals surface area contributed by atoms with Crippen molar-refractivity contribution in [3.05, 3.63) is 0 Å². The van der Waals surface area contributed by atoms with Gasteiger partial charge in [0.05, 0.1) is 6.10 Å². The molecular weight excluding hydrogens is 164 g/mol. The lowest BCUT2D eigenvalue weighted by atomic mass is 9.96. The van der Waals surface area contributed by atoms with E-state index in [0.29, 0.717) is 12.0 Å². The maximum Gasteiger partial charge on any atom is 0.0724 e. The molecule has 0 radical (unpaired) electrons. The minimum Gasteiger partial charge on any atom is -0.380 e. The molecule has 2 atom stereocenters. The second kappa shape index (κ2) is 5.58. The molecule has 0 amide bonds. The molecule has 1 saturated heterocycles. The Labute approximate surface area is 81.2 Å². The van der Waals surface area contributed by atoms with Gasteiger partial charge >= 0.3 is 0 Å². The third kappa shape index (κ3) is 3.25. The van der Waals surface area contributed by atoms with Crippen LogP contribution in [-0.4, -0.2) is 44.3 Å². The lowest BCUT2D eigenvalue weighted by molar-refractivity contribution is -0.00491. The molecule has 2 N–H and O–H groups in total. The zero-order valence-corrected chi connectivity index (χ0v) is 8.83. The average Bonchev–Trinajstić information content (AvgIpc) is 2.16. The van der Waals surface area contributed by atoms with Crippen molar-refractivity contribution in [2.75, 3.05) is 33.3 Å². The van der Waals surface area contributed by atoms with Crippen LogP contribution in [0, 0.1) is 5.92 Å². The molecule has 78 valence electrons. The van der Waals surface area contributed by atoms with Crippen LogP contribution in [0.25, 0.3) is 0 Å². The van der Waals surface area contributed by atoms with Crippen molar-refractivity contribution in [2.24, 2.45) is 11.7 Å². The number of rotatable bonds is 4. The molecule has 0 spiro atoms. The van der Waals surface area contributed by atoms with Gasteiger partial charge in [0.1, 0.15) is 0 Å². The number of ether oxygens (including phenoxy) is 1. The summed E-state index contributed by atoms with van der Waals surface area (Å²) in [7, 11) is 1.81. The molecule has 1 aliphatic rings. The van der Waals surface area contributed by atoms with Gasteiger partial charge in [0, 0.05) is 13.7 Å². The monoisotopic (exact) mass is 186 g/mol. The molecule has 0 saturated carbocycles. The van der Waals surface area contributed by atoms with Crippen LogP contribution in [0.5, 0.6) is 0 Å². The highest BCUT2D eigenvalue weighted by atomic mass is 16.5. The van der Waals surface area contributed by atoms with Gasteiger partial charge in [-0.15, -0.1) is 0 Å². The van der Waals surface area contributed by atoms with E-state index in [1.54, 1.807) is 0 Å². The highest BCUT2D eigenvalue weighted by Crippen LogP contribution is 2.19. The Balaban J connectivity index is 2.27. The first-order chi connectivity index (χ1) is 6.27. The second-order valence-electron chi connectivity index (χ2n) is 3.98. The molecule has 2 unspecified atom stereocenters. The van der Waals surface area contributed by atoms with Gasteiger partial charge in [-0.1, -0.05) is 6.92 Å². The van der Waals surface area contributed by atoms with Gasteiger partial charge in [0.15, 0.2) is 0 Å². The Morgan fingerprint density at radius 2 is 2.31 bits per heavy atom. The molecule has 0 aromatic carbocycles. The molecule has 1 fully saturated rings. The van der Waals surface area contributed by atoms with Crippen LogP contribution >= 0.6 is 0 Å². The van der Waals surface area contributed by atoms with Crippen LogP contribution in [0.15, 0.2) is 0 Å². The molecule has 0 aromatic heterocycles. The fourth-order valence-corrected chi connectivity index (χ4v) is 1.92. The largest absolute Gasteiger partial charge is 0.380 e. The summed E-state index contributed by atoms with van der Waals surface area (Å²) in [6.07, 6.45) is 2.78. The quantitative estimate of drug-likeness (QED) is 0.702. The Morgan fingerprint density at radius 1 is 1.54 bits per heavy atom. The van der Waals surface area contributed by atoms with Crippen LogP contribution < -0.4 is 5.73 Å². The van der Waals surface area contributed by atoms with E-state index in [9.17, 15) is 0 Å². The van der Waals surface area contributed by atoms with Crippen LogP contribution in [0.3, 0.4) is 0 Å². The van der Waals surface area contributed by atoms with Gasteiger partial charge in [-0.25, -0.2) is 0 Å². The summed E-state index contributed by atoms with van der Waals surface area (Å²) in [5, 5.41) is 0. The predicted molar refractivity (Wildman–Crippen MR) is 54.7 cm³/mol. The van der Waals surface area contributed by atoms with Crippen molar-refractivity contribution in [3.8, 4) is 0 Å². The minimum absolute atomic E-state index is 0.423. The summed E-state index contributed by atoms with van der Waals surface area (Å²) in [6.45, 7) is 6.49. The van der Waals surface area contributed by atoms with Crippen LogP contribution in [0.2, 0.25) is 0 Å². The molecule has 1 heterocycles. The van der Waals surface area contributed by atoms with E-state index in [-0.39, 0.29) is 0 Å². The number of piperidine rings is 1. The van der Waals surface area contributed by atoms with Gasteiger partial charge in [0.2, 0.25) is 0 Å². The van der Waals surface area contributed by atoms with Crippen LogP contribution in [0.4, 0.5) is 0 Å². The number of nitrogens with zero attached hydrogens (tertiary/aromatic N) is 1. The van der Waals surface area contributed by atoms with Crippen LogP contribution in [0.1, 0.15) is 19.8 Å². The second-order valence-corrected chi connectivity index (χ2v) is 3.98. The fourth-order valence-electron chi connectivity index (χ4n) is 1.92. The van der Waals surface area contributed by atoms with E-state index in [1.165, 1.54) is 13.0 Å².